The molecular formula is C15H25NO2. The Morgan fingerprint density at radius 2 is 1.61 bits per heavy atom. The van der Waals surface area contributed by atoms with Crippen molar-refractivity contribution < 1.29 is 9.90 Å². The van der Waals surface area contributed by atoms with E-state index in [1.165, 1.54) is 44.2 Å². The quantitative estimate of drug-likeness (QED) is 0.580. The summed E-state index contributed by atoms with van der Waals surface area (Å²) in [6.45, 7) is 0. The number of aryl methyl sites for hydroxylation is 1. The van der Waals surface area contributed by atoms with E-state index in [1.54, 1.807) is 0 Å². The zero-order chi connectivity index (χ0) is 13.1. The third kappa shape index (κ3) is 7.93. The SMILES string of the molecule is O=C(O)CCCCCCCCCCc1ccc[nH]1. The maximum absolute atomic E-state index is 10.3. The van der Waals surface area contributed by atoms with Gasteiger partial charge in [0.25, 0.3) is 0 Å². The molecule has 1 heterocycles. The molecular weight excluding hydrogens is 226 g/mol. The Hall–Kier alpha value is -1.25. The second kappa shape index (κ2) is 9.75. The predicted octanol–water partition coefficient (Wildman–Crippen LogP) is 4.15. The van der Waals surface area contributed by atoms with Gasteiger partial charge in [-0.3, -0.25) is 4.79 Å². The van der Waals surface area contributed by atoms with E-state index in [9.17, 15) is 4.79 Å². The fourth-order valence-corrected chi connectivity index (χ4v) is 2.18. The average molecular weight is 251 g/mol. The van der Waals surface area contributed by atoms with Crippen LogP contribution in [0.1, 0.15) is 63.5 Å². The highest BCUT2D eigenvalue weighted by molar-refractivity contribution is 5.66. The number of carboxylic acids is 1. The predicted molar refractivity (Wildman–Crippen MR) is 73.7 cm³/mol. The summed E-state index contributed by atoms with van der Waals surface area (Å²) in [5, 5.41) is 8.49. The van der Waals surface area contributed by atoms with E-state index in [0.717, 1.165) is 19.3 Å². The van der Waals surface area contributed by atoms with Crippen molar-refractivity contribution >= 4 is 5.97 Å². The number of aromatic nitrogens is 1. The van der Waals surface area contributed by atoms with Gasteiger partial charge in [-0.05, 0) is 31.4 Å². The highest BCUT2D eigenvalue weighted by Gasteiger charge is 1.97. The largest absolute Gasteiger partial charge is 0.481 e. The molecule has 0 aliphatic carbocycles. The molecule has 0 fully saturated rings. The van der Waals surface area contributed by atoms with Gasteiger partial charge >= 0.3 is 5.97 Å². The molecule has 0 atom stereocenters. The molecule has 0 aliphatic heterocycles. The van der Waals surface area contributed by atoms with Gasteiger partial charge in [0.05, 0.1) is 0 Å². The summed E-state index contributed by atoms with van der Waals surface area (Å²) in [7, 11) is 0. The van der Waals surface area contributed by atoms with Crippen LogP contribution in [0.5, 0.6) is 0 Å². The lowest BCUT2D eigenvalue weighted by atomic mass is 10.1. The lowest BCUT2D eigenvalue weighted by Crippen LogP contribution is -1.93. The Balaban J connectivity index is 1.77. The van der Waals surface area contributed by atoms with Gasteiger partial charge in [0.2, 0.25) is 0 Å². The normalized spacial score (nSPS) is 10.7. The number of nitrogens with one attached hydrogen (secondary N) is 1. The zero-order valence-corrected chi connectivity index (χ0v) is 11.2. The first-order valence-corrected chi connectivity index (χ1v) is 7.13. The van der Waals surface area contributed by atoms with E-state index >= 15 is 0 Å². The molecule has 18 heavy (non-hydrogen) atoms. The van der Waals surface area contributed by atoms with Gasteiger partial charge < -0.3 is 10.1 Å². The molecule has 1 rings (SSSR count). The van der Waals surface area contributed by atoms with Gasteiger partial charge in [0.1, 0.15) is 0 Å². The van der Waals surface area contributed by atoms with Gasteiger partial charge in [0.15, 0.2) is 0 Å². The minimum absolute atomic E-state index is 0.330. The molecule has 3 nitrogen and oxygen atoms in total. The summed E-state index contributed by atoms with van der Waals surface area (Å²) in [4.78, 5) is 13.5. The fourth-order valence-electron chi connectivity index (χ4n) is 2.18. The van der Waals surface area contributed by atoms with E-state index in [0.29, 0.717) is 6.42 Å². The van der Waals surface area contributed by atoms with Crippen LogP contribution in [0.15, 0.2) is 18.3 Å². The summed E-state index contributed by atoms with van der Waals surface area (Å²) in [6.07, 6.45) is 13.0. The number of aromatic amines is 1. The number of carboxylic acid groups (broad SMARTS) is 1. The molecule has 0 radical (unpaired) electrons. The molecule has 2 N–H and O–H groups in total. The number of hydrogen-bond acceptors (Lipinski definition) is 1. The highest BCUT2D eigenvalue weighted by Crippen LogP contribution is 2.11. The number of hydrogen-bond donors (Lipinski definition) is 2. The van der Waals surface area contributed by atoms with E-state index in [2.05, 4.69) is 11.1 Å². The highest BCUT2D eigenvalue weighted by atomic mass is 16.4. The maximum atomic E-state index is 10.3. The second-order valence-corrected chi connectivity index (χ2v) is 4.92. The molecule has 0 aromatic carbocycles. The van der Waals surface area contributed by atoms with Gasteiger partial charge in [-0.15, -0.1) is 0 Å². The number of carbonyl (C=O) groups is 1. The van der Waals surface area contributed by atoms with Crippen LogP contribution in [-0.4, -0.2) is 16.1 Å². The van der Waals surface area contributed by atoms with Crippen LogP contribution >= 0.6 is 0 Å². The second-order valence-electron chi connectivity index (χ2n) is 4.92. The van der Waals surface area contributed by atoms with E-state index in [-0.39, 0.29) is 0 Å². The smallest absolute Gasteiger partial charge is 0.303 e. The molecule has 0 saturated heterocycles. The molecule has 3 heteroatoms. The minimum atomic E-state index is -0.667. The summed E-state index contributed by atoms with van der Waals surface area (Å²) >= 11 is 0. The lowest BCUT2D eigenvalue weighted by Gasteiger charge is -2.01. The van der Waals surface area contributed by atoms with E-state index < -0.39 is 5.97 Å². The molecule has 0 aliphatic rings. The van der Waals surface area contributed by atoms with Crippen LogP contribution in [-0.2, 0) is 11.2 Å². The Morgan fingerprint density at radius 3 is 2.17 bits per heavy atom. The molecule has 1 aromatic heterocycles. The Bertz CT molecular complexity index is 306. The molecule has 0 spiro atoms. The number of unbranched alkanes of at least 4 members (excludes halogenated alkanes) is 7. The van der Waals surface area contributed by atoms with Crippen molar-refractivity contribution in [1.29, 1.82) is 0 Å². The Labute approximate surface area is 110 Å². The van der Waals surface area contributed by atoms with Crippen LogP contribution in [0.25, 0.3) is 0 Å². The summed E-state index contributed by atoms with van der Waals surface area (Å²) in [5.41, 5.74) is 1.34. The Kier molecular flexibility index (Phi) is 8.02. The maximum Gasteiger partial charge on any atom is 0.303 e. The first-order valence-electron chi connectivity index (χ1n) is 7.13. The zero-order valence-electron chi connectivity index (χ0n) is 11.2. The number of aliphatic carboxylic acids is 1. The molecule has 0 bridgehead atoms. The first-order chi connectivity index (χ1) is 8.79. The van der Waals surface area contributed by atoms with Crippen molar-refractivity contribution in [3.63, 3.8) is 0 Å². The third-order valence-corrected chi connectivity index (χ3v) is 3.25. The third-order valence-electron chi connectivity index (χ3n) is 3.25. The average Bonchev–Trinajstić information content (AvgIpc) is 2.84. The molecule has 0 unspecified atom stereocenters. The van der Waals surface area contributed by atoms with Crippen molar-refractivity contribution in [3.8, 4) is 0 Å². The number of rotatable bonds is 11. The Morgan fingerprint density at radius 1 is 1.00 bits per heavy atom. The molecule has 0 saturated carbocycles. The lowest BCUT2D eigenvalue weighted by molar-refractivity contribution is -0.137. The topological polar surface area (TPSA) is 53.1 Å². The number of H-pyrrole nitrogens is 1. The monoisotopic (exact) mass is 251 g/mol. The van der Waals surface area contributed by atoms with Crippen molar-refractivity contribution in [1.82, 2.24) is 4.98 Å². The van der Waals surface area contributed by atoms with Crippen LogP contribution in [0, 0.1) is 0 Å². The van der Waals surface area contributed by atoms with Crippen molar-refractivity contribution in [2.24, 2.45) is 0 Å². The summed E-state index contributed by atoms with van der Waals surface area (Å²) in [5.74, 6) is -0.667. The summed E-state index contributed by atoms with van der Waals surface area (Å²) < 4.78 is 0. The summed E-state index contributed by atoms with van der Waals surface area (Å²) in [6, 6.07) is 4.19. The fraction of sp³-hybridized carbons (Fsp3) is 0.667. The minimum Gasteiger partial charge on any atom is -0.481 e. The van der Waals surface area contributed by atoms with Crippen LogP contribution in [0.3, 0.4) is 0 Å². The van der Waals surface area contributed by atoms with Gasteiger partial charge in [-0.2, -0.15) is 0 Å². The van der Waals surface area contributed by atoms with Crippen molar-refractivity contribution in [3.05, 3.63) is 24.0 Å². The van der Waals surface area contributed by atoms with Gasteiger partial charge in [0, 0.05) is 18.3 Å². The van der Waals surface area contributed by atoms with Gasteiger partial charge in [-0.25, -0.2) is 0 Å². The van der Waals surface area contributed by atoms with Gasteiger partial charge in [-0.1, -0.05) is 38.5 Å². The van der Waals surface area contributed by atoms with E-state index in [4.69, 9.17) is 5.11 Å². The molecule has 102 valence electrons. The van der Waals surface area contributed by atoms with Crippen LogP contribution in [0.2, 0.25) is 0 Å². The first kappa shape index (κ1) is 14.8. The van der Waals surface area contributed by atoms with Crippen LogP contribution < -0.4 is 0 Å². The van der Waals surface area contributed by atoms with Crippen molar-refractivity contribution in [2.75, 3.05) is 0 Å². The molecule has 0 amide bonds. The standard InChI is InChI=1S/C15H25NO2/c17-15(18)12-8-6-4-2-1-3-5-7-10-14-11-9-13-16-14/h9,11,13,16H,1-8,10,12H2,(H,17,18). The van der Waals surface area contributed by atoms with Crippen molar-refractivity contribution in [2.45, 2.75) is 64.2 Å². The molecule has 1 aromatic rings. The van der Waals surface area contributed by atoms with Crippen LogP contribution in [0.4, 0.5) is 0 Å². The van der Waals surface area contributed by atoms with E-state index in [1.807, 2.05) is 12.3 Å².